The molecule has 1 saturated heterocycles. The molecule has 0 bridgehead atoms. The fourth-order valence-electron chi connectivity index (χ4n) is 7.47. The van der Waals surface area contributed by atoms with Crippen molar-refractivity contribution >= 4 is 16.4 Å². The first-order valence-corrected chi connectivity index (χ1v) is 27.1. The van der Waals surface area contributed by atoms with Gasteiger partial charge in [-0.05, 0) is 77.0 Å². The average molecular weight is 953 g/mol. The molecule has 0 aromatic carbocycles. The highest BCUT2D eigenvalue weighted by molar-refractivity contribution is 7.80. The molecular weight excluding hydrogens is 861 g/mol. The van der Waals surface area contributed by atoms with E-state index in [0.29, 0.717) is 13.0 Å². The Morgan fingerprint density at radius 1 is 0.591 bits per heavy atom. The zero-order valence-electron chi connectivity index (χ0n) is 41.0. The van der Waals surface area contributed by atoms with Crippen LogP contribution in [0.1, 0.15) is 194 Å². The molecule has 66 heavy (non-hydrogen) atoms. The molecule has 0 aliphatic carbocycles. The second-order valence-corrected chi connectivity index (χ2v) is 18.4. The first kappa shape index (κ1) is 61.6. The van der Waals surface area contributed by atoms with Gasteiger partial charge in [-0.1, -0.05) is 183 Å². The molecule has 1 aliphatic rings. The minimum absolute atomic E-state index is 0.0265. The lowest BCUT2D eigenvalue weighted by molar-refractivity contribution is -0.301. The van der Waals surface area contributed by atoms with Gasteiger partial charge in [0.15, 0.2) is 6.29 Å². The molecule has 0 saturated carbocycles. The molecular formula is C53H92O12S. The molecule has 1 aliphatic heterocycles. The maximum atomic E-state index is 12.9. The van der Waals surface area contributed by atoms with Gasteiger partial charge >= 0.3 is 16.4 Å². The number of aliphatic hydroxyl groups is 3. The van der Waals surface area contributed by atoms with Crippen LogP contribution in [-0.4, -0.2) is 97.5 Å². The van der Waals surface area contributed by atoms with E-state index in [1.807, 2.05) is 0 Å². The van der Waals surface area contributed by atoms with Gasteiger partial charge in [0, 0.05) is 13.0 Å². The van der Waals surface area contributed by atoms with Crippen LogP contribution in [0.25, 0.3) is 0 Å². The highest BCUT2D eigenvalue weighted by Crippen LogP contribution is 2.26. The second kappa shape index (κ2) is 43.8. The lowest BCUT2D eigenvalue weighted by atomic mass is 9.99. The number of aliphatic hydroxyl groups excluding tert-OH is 3. The smallest absolute Gasteiger partial charge is 0.397 e. The molecule has 0 aromatic rings. The molecule has 13 heteroatoms. The monoisotopic (exact) mass is 953 g/mol. The minimum atomic E-state index is -5.07. The second-order valence-electron chi connectivity index (χ2n) is 17.4. The van der Waals surface area contributed by atoms with E-state index in [1.54, 1.807) is 0 Å². The Balaban J connectivity index is 2.30. The van der Waals surface area contributed by atoms with Gasteiger partial charge in [0.2, 0.25) is 0 Å². The molecule has 6 unspecified atom stereocenters. The van der Waals surface area contributed by atoms with Gasteiger partial charge in [0.05, 0.1) is 19.8 Å². The van der Waals surface area contributed by atoms with Crippen LogP contribution in [-0.2, 0) is 38.3 Å². The van der Waals surface area contributed by atoms with Gasteiger partial charge in [0.1, 0.15) is 30.5 Å². The maximum absolute atomic E-state index is 12.9. The first-order valence-electron chi connectivity index (χ1n) is 25.7. The normalized spacial score (nSPS) is 20.1. The minimum Gasteiger partial charge on any atom is -0.457 e. The van der Waals surface area contributed by atoms with Crippen LogP contribution in [0.4, 0.5) is 0 Å². The topological polar surface area (TPSA) is 178 Å². The standard InChI is InChI=1S/C53H92O12S/c1-3-5-7-9-11-13-15-17-18-19-20-21-22-23-24-25-26-27-28-29-31-33-35-37-39-41-43-61-45-47(46-62-53-51(57)52(65-66(58,59)60)50(56)48(44-54)64-53)63-49(55)42-40-38-36-34-32-30-16-14-12-10-8-6-4-2/h5,7-8,10-11,13-14,16-18,20-21,47-48,50-54,56-57H,3-4,6,9,12,15,19,22-46H2,1-2H3,(H,58,59,60)/b7-5-,10-8-,13-11-,16-14-,18-17-,21-20-. The molecule has 382 valence electrons. The molecule has 12 nitrogen and oxygen atoms in total. The van der Waals surface area contributed by atoms with E-state index in [4.69, 9.17) is 18.9 Å². The van der Waals surface area contributed by atoms with E-state index >= 15 is 0 Å². The predicted octanol–water partition coefficient (Wildman–Crippen LogP) is 11.9. The maximum Gasteiger partial charge on any atom is 0.397 e. The third-order valence-corrected chi connectivity index (χ3v) is 11.8. The number of unbranched alkanes of at least 4 members (excludes halogenated alkanes) is 19. The summed E-state index contributed by atoms with van der Waals surface area (Å²) in [6.07, 6.45) is 48.0. The summed E-state index contributed by atoms with van der Waals surface area (Å²) in [5.41, 5.74) is 0. The Kier molecular flexibility index (Phi) is 40.8. The number of rotatable bonds is 44. The summed E-state index contributed by atoms with van der Waals surface area (Å²) in [4.78, 5) is 12.9. The number of hydrogen-bond donors (Lipinski definition) is 4. The fraction of sp³-hybridized carbons (Fsp3) is 0.755. The molecule has 1 heterocycles. The van der Waals surface area contributed by atoms with Gasteiger partial charge in [-0.3, -0.25) is 9.35 Å². The van der Waals surface area contributed by atoms with Gasteiger partial charge < -0.3 is 34.3 Å². The first-order chi connectivity index (χ1) is 32.1. The molecule has 0 amide bonds. The van der Waals surface area contributed by atoms with E-state index in [2.05, 4.69) is 90.9 Å². The van der Waals surface area contributed by atoms with Crippen LogP contribution in [0.5, 0.6) is 0 Å². The van der Waals surface area contributed by atoms with E-state index in [0.717, 1.165) is 89.9 Å². The zero-order valence-corrected chi connectivity index (χ0v) is 41.8. The van der Waals surface area contributed by atoms with Crippen LogP contribution in [0.3, 0.4) is 0 Å². The molecule has 1 rings (SSSR count). The Hall–Kier alpha value is -2.46. The largest absolute Gasteiger partial charge is 0.457 e. The van der Waals surface area contributed by atoms with Gasteiger partial charge in [-0.25, -0.2) is 4.18 Å². The predicted molar refractivity (Wildman–Crippen MR) is 266 cm³/mol. The van der Waals surface area contributed by atoms with Crippen molar-refractivity contribution in [2.24, 2.45) is 0 Å². The third-order valence-electron chi connectivity index (χ3n) is 11.3. The fourth-order valence-corrected chi connectivity index (χ4v) is 7.97. The SMILES string of the molecule is CC/C=C\C/C=C\C/C=C\C/C=C\CCCCCCCCCCCCCCCOCC(COC1OC(CO)C(O)C(OS(=O)(=O)O)C1O)OC(=O)CCCCCCC/C=C\C/C=C\CCC. The number of carbonyl (C=O) groups is 1. The Labute approximate surface area is 401 Å². The molecule has 0 aromatic heterocycles. The summed E-state index contributed by atoms with van der Waals surface area (Å²) in [7, 11) is -5.07. The van der Waals surface area contributed by atoms with Gasteiger partial charge in [0.25, 0.3) is 0 Å². The number of ether oxygens (including phenoxy) is 4. The summed E-state index contributed by atoms with van der Waals surface area (Å²) in [5.74, 6) is -0.416. The molecule has 4 N–H and O–H groups in total. The molecule has 1 fully saturated rings. The number of carbonyl (C=O) groups excluding carboxylic acids is 1. The van der Waals surface area contributed by atoms with Crippen molar-refractivity contribution in [3.05, 3.63) is 72.9 Å². The molecule has 0 radical (unpaired) electrons. The van der Waals surface area contributed by atoms with Crippen molar-refractivity contribution in [1.29, 1.82) is 0 Å². The van der Waals surface area contributed by atoms with Crippen molar-refractivity contribution < 1.29 is 56.2 Å². The number of allylic oxidation sites excluding steroid dienone is 12. The quantitative estimate of drug-likeness (QED) is 0.0197. The van der Waals surface area contributed by atoms with Crippen molar-refractivity contribution in [2.75, 3.05) is 26.4 Å². The summed E-state index contributed by atoms with van der Waals surface area (Å²) in [6, 6.07) is 0. The zero-order chi connectivity index (χ0) is 48.2. The molecule has 0 spiro atoms. The van der Waals surface area contributed by atoms with E-state index in [1.165, 1.54) is 77.0 Å². The van der Waals surface area contributed by atoms with Crippen molar-refractivity contribution in [3.63, 3.8) is 0 Å². The summed E-state index contributed by atoms with van der Waals surface area (Å²) >= 11 is 0. The lowest BCUT2D eigenvalue weighted by Gasteiger charge is -2.41. The van der Waals surface area contributed by atoms with Crippen LogP contribution in [0.2, 0.25) is 0 Å². The van der Waals surface area contributed by atoms with Crippen LogP contribution < -0.4 is 0 Å². The van der Waals surface area contributed by atoms with Gasteiger partial charge in [-0.2, -0.15) is 8.42 Å². The van der Waals surface area contributed by atoms with Crippen LogP contribution in [0, 0.1) is 0 Å². The summed E-state index contributed by atoms with van der Waals surface area (Å²) < 4.78 is 59.2. The van der Waals surface area contributed by atoms with E-state index in [-0.39, 0.29) is 19.6 Å². The average Bonchev–Trinajstić information content (AvgIpc) is 3.29. The van der Waals surface area contributed by atoms with Crippen LogP contribution in [0.15, 0.2) is 72.9 Å². The van der Waals surface area contributed by atoms with Gasteiger partial charge in [-0.15, -0.1) is 0 Å². The van der Waals surface area contributed by atoms with Crippen molar-refractivity contribution in [3.8, 4) is 0 Å². The van der Waals surface area contributed by atoms with Crippen LogP contribution >= 0.6 is 0 Å². The third kappa shape index (κ3) is 36.6. The van der Waals surface area contributed by atoms with E-state index < -0.39 is 59.8 Å². The van der Waals surface area contributed by atoms with E-state index in [9.17, 15) is 33.1 Å². The Morgan fingerprint density at radius 2 is 1.05 bits per heavy atom. The Bertz CT molecular complexity index is 1420. The number of hydrogen-bond acceptors (Lipinski definition) is 11. The summed E-state index contributed by atoms with van der Waals surface area (Å²) in [6.45, 7) is 3.79. The summed E-state index contributed by atoms with van der Waals surface area (Å²) in [5, 5.41) is 30.7. The highest BCUT2D eigenvalue weighted by Gasteiger charge is 2.48. The number of esters is 1. The van der Waals surface area contributed by atoms with Crippen molar-refractivity contribution in [2.45, 2.75) is 230 Å². The van der Waals surface area contributed by atoms with Crippen molar-refractivity contribution in [1.82, 2.24) is 0 Å². The lowest BCUT2D eigenvalue weighted by Crippen LogP contribution is -2.60. The molecule has 6 atom stereocenters. The Morgan fingerprint density at radius 3 is 1.53 bits per heavy atom. The highest BCUT2D eigenvalue weighted by atomic mass is 32.3.